The molecule has 0 aromatic carbocycles. The second-order valence-corrected chi connectivity index (χ2v) is 16.4. The summed E-state index contributed by atoms with van der Waals surface area (Å²) in [4.78, 5) is 30.8. The molecule has 0 aromatic rings. The average Bonchev–Trinajstić information content (AvgIpc) is 3.19. The Bertz CT molecular complexity index is 683. The number of aliphatic carboxylic acids is 3. The van der Waals surface area contributed by atoms with Crippen LogP contribution < -0.4 is 0 Å². The van der Waals surface area contributed by atoms with Crippen molar-refractivity contribution in [2.24, 2.45) is 5.41 Å². The Balaban J connectivity index is -0.000000335. The van der Waals surface area contributed by atoms with E-state index in [1.807, 2.05) is 6.92 Å². The standard InChI is InChI=1S/3C14H28O2.C6H14O3/c3*1-2-3-4-5-6-7-8-9-10-11-12-13-14(15)16;1-2-6(3-7,4-8)5-9/h3*2-13H2,1H3,(H,15,16);7-9H,2-5H2,1H3. The maximum absolute atomic E-state index is 10.3. The van der Waals surface area contributed by atoms with Crippen LogP contribution in [0.2, 0.25) is 0 Å². The van der Waals surface area contributed by atoms with E-state index in [4.69, 9.17) is 30.6 Å². The predicted octanol–water partition coefficient (Wildman–Crippen LogP) is 13.7. The fourth-order valence-electron chi connectivity index (χ4n) is 6.31. The van der Waals surface area contributed by atoms with Gasteiger partial charge >= 0.3 is 17.9 Å². The van der Waals surface area contributed by atoms with Crippen LogP contribution in [0, 0.1) is 5.41 Å². The minimum absolute atomic E-state index is 0.156. The van der Waals surface area contributed by atoms with Gasteiger partial charge in [-0.25, -0.2) is 0 Å². The first-order chi connectivity index (χ1) is 27.6. The van der Waals surface area contributed by atoms with Gasteiger partial charge in [-0.05, 0) is 25.7 Å². The van der Waals surface area contributed by atoms with Crippen LogP contribution in [0.3, 0.4) is 0 Å². The Hall–Kier alpha value is -1.71. The lowest BCUT2D eigenvalue weighted by molar-refractivity contribution is -0.138. The molecule has 0 bridgehead atoms. The van der Waals surface area contributed by atoms with Gasteiger partial charge < -0.3 is 30.6 Å². The minimum atomic E-state index is -0.667. The lowest BCUT2D eigenvalue weighted by atomic mass is 9.88. The monoisotopic (exact) mass is 819 g/mol. The summed E-state index contributed by atoms with van der Waals surface area (Å²) >= 11 is 0. The Morgan fingerprint density at radius 3 is 0.561 bits per heavy atom. The molecule has 0 rings (SSSR count). The molecule has 0 saturated carbocycles. The summed E-state index contributed by atoms with van der Waals surface area (Å²) in [5, 5.41) is 51.3. The van der Waals surface area contributed by atoms with Gasteiger partial charge in [0.25, 0.3) is 0 Å². The molecular formula is C48H98O9. The van der Waals surface area contributed by atoms with E-state index >= 15 is 0 Å². The summed E-state index contributed by atoms with van der Waals surface area (Å²) in [6.45, 7) is 8.09. The predicted molar refractivity (Wildman–Crippen MR) is 240 cm³/mol. The molecule has 9 heteroatoms. The van der Waals surface area contributed by atoms with Gasteiger partial charge in [0.2, 0.25) is 0 Å². The Labute approximate surface area is 352 Å². The summed E-state index contributed by atoms with van der Waals surface area (Å²) < 4.78 is 0. The van der Waals surface area contributed by atoms with Crippen LogP contribution in [0.5, 0.6) is 0 Å². The number of hydrogen-bond donors (Lipinski definition) is 6. The maximum atomic E-state index is 10.3. The number of carbonyl (C=O) groups is 3. The SMILES string of the molecule is CCC(CO)(CO)CO.CCCCCCCCCCCCCC(=O)O.CCCCCCCCCCCCCC(=O)O.CCCCCCCCCCCCCC(=O)O. The fraction of sp³-hybridized carbons (Fsp3) is 0.938. The molecule has 0 unspecified atom stereocenters. The van der Waals surface area contributed by atoms with Crippen LogP contribution in [-0.2, 0) is 14.4 Å². The van der Waals surface area contributed by atoms with Crippen molar-refractivity contribution in [2.75, 3.05) is 19.8 Å². The highest BCUT2D eigenvalue weighted by Crippen LogP contribution is 2.18. The van der Waals surface area contributed by atoms with Crippen molar-refractivity contribution >= 4 is 17.9 Å². The molecular weight excluding hydrogens is 721 g/mol. The highest BCUT2D eigenvalue weighted by molar-refractivity contribution is 5.67. The number of aliphatic hydroxyl groups is 3. The Morgan fingerprint density at radius 1 is 0.298 bits per heavy atom. The van der Waals surface area contributed by atoms with Crippen LogP contribution >= 0.6 is 0 Å². The van der Waals surface area contributed by atoms with E-state index in [1.54, 1.807) is 0 Å². The average molecular weight is 819 g/mol. The third-order valence-electron chi connectivity index (χ3n) is 10.7. The molecule has 9 nitrogen and oxygen atoms in total. The van der Waals surface area contributed by atoms with Crippen LogP contribution in [0.15, 0.2) is 0 Å². The quantitative estimate of drug-likeness (QED) is 0.0329. The zero-order chi connectivity index (χ0) is 43.5. The molecule has 0 aliphatic heterocycles. The van der Waals surface area contributed by atoms with Gasteiger partial charge in [-0.1, -0.05) is 220 Å². The van der Waals surface area contributed by atoms with Crippen molar-refractivity contribution in [1.82, 2.24) is 0 Å². The van der Waals surface area contributed by atoms with E-state index in [0.717, 1.165) is 38.5 Å². The highest BCUT2D eigenvalue weighted by Gasteiger charge is 2.24. The molecule has 0 amide bonds. The summed E-state index contributed by atoms with van der Waals surface area (Å²) in [7, 11) is 0. The number of hydrogen-bond acceptors (Lipinski definition) is 6. The van der Waals surface area contributed by atoms with E-state index in [2.05, 4.69) is 20.8 Å². The van der Waals surface area contributed by atoms with Gasteiger partial charge in [-0.2, -0.15) is 0 Å². The number of aliphatic hydroxyl groups excluding tert-OH is 3. The normalized spacial score (nSPS) is 10.8. The Kier molecular flexibility index (Phi) is 59.0. The smallest absolute Gasteiger partial charge is 0.303 e. The van der Waals surface area contributed by atoms with E-state index in [-0.39, 0.29) is 19.8 Å². The fourth-order valence-corrected chi connectivity index (χ4v) is 6.31. The van der Waals surface area contributed by atoms with Gasteiger partial charge in [-0.3, -0.25) is 14.4 Å². The molecule has 0 fully saturated rings. The lowest BCUT2D eigenvalue weighted by Crippen LogP contribution is -2.32. The molecule has 0 aliphatic rings. The van der Waals surface area contributed by atoms with Crippen molar-refractivity contribution < 1.29 is 45.0 Å². The first-order valence-corrected chi connectivity index (χ1v) is 24.0. The largest absolute Gasteiger partial charge is 0.481 e. The van der Waals surface area contributed by atoms with Gasteiger partial charge in [0.05, 0.1) is 19.8 Å². The molecule has 0 heterocycles. The molecule has 6 N–H and O–H groups in total. The molecule has 0 aromatic heterocycles. The first kappa shape index (κ1) is 61.9. The number of unbranched alkanes of at least 4 members (excludes halogenated alkanes) is 30. The van der Waals surface area contributed by atoms with E-state index in [0.29, 0.717) is 25.7 Å². The minimum Gasteiger partial charge on any atom is -0.481 e. The molecule has 0 aliphatic carbocycles. The molecule has 57 heavy (non-hydrogen) atoms. The second-order valence-electron chi connectivity index (χ2n) is 16.4. The van der Waals surface area contributed by atoms with Gasteiger partial charge in [0.15, 0.2) is 0 Å². The van der Waals surface area contributed by atoms with Crippen LogP contribution in [0.1, 0.15) is 265 Å². The van der Waals surface area contributed by atoms with Crippen molar-refractivity contribution in [3.63, 3.8) is 0 Å². The highest BCUT2D eigenvalue weighted by atomic mass is 16.4. The second kappa shape index (κ2) is 54.3. The van der Waals surface area contributed by atoms with Gasteiger partial charge in [-0.15, -0.1) is 0 Å². The number of carboxylic acid groups (broad SMARTS) is 3. The van der Waals surface area contributed by atoms with Crippen molar-refractivity contribution in [3.8, 4) is 0 Å². The maximum Gasteiger partial charge on any atom is 0.303 e. The molecule has 0 atom stereocenters. The molecule has 0 saturated heterocycles. The van der Waals surface area contributed by atoms with Crippen LogP contribution in [0.25, 0.3) is 0 Å². The third-order valence-corrected chi connectivity index (χ3v) is 10.7. The van der Waals surface area contributed by atoms with Crippen molar-refractivity contribution in [1.29, 1.82) is 0 Å². The van der Waals surface area contributed by atoms with Crippen molar-refractivity contribution in [2.45, 2.75) is 265 Å². The first-order valence-electron chi connectivity index (χ1n) is 24.0. The topological polar surface area (TPSA) is 173 Å². The molecule has 0 spiro atoms. The molecule has 0 radical (unpaired) electrons. The van der Waals surface area contributed by atoms with E-state index in [9.17, 15) is 14.4 Å². The summed E-state index contributed by atoms with van der Waals surface area (Å²) in [5.74, 6) is -1.97. The molecule has 344 valence electrons. The van der Waals surface area contributed by atoms with Crippen molar-refractivity contribution in [3.05, 3.63) is 0 Å². The number of rotatable bonds is 40. The summed E-state index contributed by atoms with van der Waals surface area (Å²) in [6.07, 6.45) is 43.7. The zero-order valence-electron chi connectivity index (χ0n) is 38.2. The van der Waals surface area contributed by atoms with Crippen LogP contribution in [0.4, 0.5) is 0 Å². The van der Waals surface area contributed by atoms with E-state index in [1.165, 1.54) is 173 Å². The summed E-state index contributed by atoms with van der Waals surface area (Å²) in [6, 6.07) is 0. The van der Waals surface area contributed by atoms with E-state index < -0.39 is 23.3 Å². The van der Waals surface area contributed by atoms with Crippen LogP contribution in [-0.4, -0.2) is 68.4 Å². The zero-order valence-corrected chi connectivity index (χ0v) is 38.2. The summed E-state index contributed by atoms with van der Waals surface area (Å²) in [5.41, 5.74) is -0.667. The third kappa shape index (κ3) is 61.1. The van der Waals surface area contributed by atoms with Gasteiger partial charge in [0.1, 0.15) is 0 Å². The van der Waals surface area contributed by atoms with Gasteiger partial charge in [0, 0.05) is 24.7 Å². The Morgan fingerprint density at radius 2 is 0.456 bits per heavy atom. The lowest BCUT2D eigenvalue weighted by Gasteiger charge is -2.24. The number of carboxylic acids is 3.